The second-order valence-corrected chi connectivity index (χ2v) is 9.19. The van der Waals surface area contributed by atoms with Gasteiger partial charge in [-0.2, -0.15) is 8.78 Å². The molecule has 2 aliphatic rings. The lowest BCUT2D eigenvalue weighted by atomic mass is 9.68. The first-order valence-corrected chi connectivity index (χ1v) is 11.4. The van der Waals surface area contributed by atoms with Crippen LogP contribution in [-0.4, -0.2) is 23.8 Å². The van der Waals surface area contributed by atoms with E-state index in [1.165, 1.54) is 38.5 Å². The van der Waals surface area contributed by atoms with Gasteiger partial charge in [0.1, 0.15) is 6.10 Å². The van der Waals surface area contributed by atoms with Gasteiger partial charge >= 0.3 is 5.97 Å². The quantitative estimate of drug-likeness (QED) is 0.333. The van der Waals surface area contributed by atoms with Crippen molar-refractivity contribution in [2.45, 2.75) is 90.1 Å². The first-order valence-electron chi connectivity index (χ1n) is 11.4. The molecule has 2 aliphatic carbocycles. The number of carbonyl (C=O) groups is 1. The van der Waals surface area contributed by atoms with E-state index in [4.69, 9.17) is 4.74 Å². The molecule has 0 aromatic carbocycles. The van der Waals surface area contributed by atoms with Crippen LogP contribution in [0, 0.1) is 23.7 Å². The summed E-state index contributed by atoms with van der Waals surface area (Å²) in [5, 5.41) is 9.28. The SMILES string of the molecule is C=C(C)C(=O)OC(CCO)CC1CCC(C2CCC(CCC=C(F)F)CC2)CC1. The van der Waals surface area contributed by atoms with Crippen LogP contribution in [0.1, 0.15) is 84.0 Å². The van der Waals surface area contributed by atoms with Crippen molar-refractivity contribution in [2.24, 2.45) is 23.7 Å². The number of esters is 1. The van der Waals surface area contributed by atoms with Crippen LogP contribution in [-0.2, 0) is 9.53 Å². The Morgan fingerprint density at radius 2 is 1.62 bits per heavy atom. The van der Waals surface area contributed by atoms with Gasteiger partial charge in [-0.15, -0.1) is 0 Å². The van der Waals surface area contributed by atoms with Crippen molar-refractivity contribution in [3.8, 4) is 0 Å². The topological polar surface area (TPSA) is 46.5 Å². The van der Waals surface area contributed by atoms with Gasteiger partial charge < -0.3 is 9.84 Å². The van der Waals surface area contributed by atoms with Crippen molar-refractivity contribution in [2.75, 3.05) is 6.61 Å². The van der Waals surface area contributed by atoms with E-state index in [1.807, 2.05) is 0 Å². The van der Waals surface area contributed by atoms with Gasteiger partial charge in [-0.3, -0.25) is 0 Å². The summed E-state index contributed by atoms with van der Waals surface area (Å²) in [6.07, 6.45) is 11.7. The Balaban J connectivity index is 1.70. The van der Waals surface area contributed by atoms with Crippen molar-refractivity contribution < 1.29 is 23.4 Å². The summed E-state index contributed by atoms with van der Waals surface area (Å²) >= 11 is 0. The molecular weight excluding hydrogens is 374 g/mol. The second-order valence-electron chi connectivity index (χ2n) is 9.19. The van der Waals surface area contributed by atoms with Gasteiger partial charge in [-0.1, -0.05) is 32.3 Å². The number of aliphatic hydroxyl groups is 1. The number of hydrogen-bond acceptors (Lipinski definition) is 3. The molecule has 2 fully saturated rings. The molecule has 1 unspecified atom stereocenters. The molecule has 0 bridgehead atoms. The van der Waals surface area contributed by atoms with E-state index in [1.54, 1.807) is 6.92 Å². The third kappa shape index (κ3) is 8.57. The third-order valence-electron chi connectivity index (χ3n) is 6.99. The second kappa shape index (κ2) is 12.5. The van der Waals surface area contributed by atoms with Crippen LogP contribution in [0.4, 0.5) is 8.78 Å². The zero-order valence-electron chi connectivity index (χ0n) is 17.9. The Kier molecular flexibility index (Phi) is 10.3. The van der Waals surface area contributed by atoms with Crippen LogP contribution >= 0.6 is 0 Å². The lowest BCUT2D eigenvalue weighted by Gasteiger charge is -2.38. The van der Waals surface area contributed by atoms with E-state index < -0.39 is 6.08 Å². The Morgan fingerprint density at radius 1 is 1.07 bits per heavy atom. The normalized spacial score (nSPS) is 28.4. The fourth-order valence-electron chi connectivity index (χ4n) is 5.26. The number of ether oxygens (including phenoxy) is 1. The first kappa shape index (κ1) is 24.0. The lowest BCUT2D eigenvalue weighted by Crippen LogP contribution is -2.28. The van der Waals surface area contributed by atoms with E-state index in [2.05, 4.69) is 6.58 Å². The Bertz CT molecular complexity index is 540. The van der Waals surface area contributed by atoms with Crippen LogP contribution < -0.4 is 0 Å². The molecule has 29 heavy (non-hydrogen) atoms. The molecule has 3 nitrogen and oxygen atoms in total. The van der Waals surface area contributed by atoms with E-state index in [0.717, 1.165) is 43.6 Å². The molecule has 0 saturated heterocycles. The zero-order chi connectivity index (χ0) is 21.2. The van der Waals surface area contributed by atoms with Crippen LogP contribution in [0.25, 0.3) is 0 Å². The number of allylic oxidation sites excluding steroid dienone is 1. The highest BCUT2D eigenvalue weighted by Gasteiger charge is 2.32. The van der Waals surface area contributed by atoms with E-state index >= 15 is 0 Å². The Morgan fingerprint density at radius 3 is 2.10 bits per heavy atom. The molecule has 2 rings (SSSR count). The summed E-state index contributed by atoms with van der Waals surface area (Å²) in [6, 6.07) is 0. The van der Waals surface area contributed by atoms with Crippen molar-refractivity contribution in [3.05, 3.63) is 24.3 Å². The maximum absolute atomic E-state index is 12.2. The van der Waals surface area contributed by atoms with Gasteiger partial charge in [0.2, 0.25) is 0 Å². The summed E-state index contributed by atoms with van der Waals surface area (Å²) in [4.78, 5) is 11.8. The zero-order valence-corrected chi connectivity index (χ0v) is 17.9. The molecule has 166 valence electrons. The highest BCUT2D eigenvalue weighted by molar-refractivity contribution is 5.87. The van der Waals surface area contributed by atoms with Crippen molar-refractivity contribution >= 4 is 5.97 Å². The van der Waals surface area contributed by atoms with E-state index in [-0.39, 0.29) is 18.7 Å². The molecule has 1 atom stereocenters. The largest absolute Gasteiger partial charge is 0.459 e. The van der Waals surface area contributed by atoms with Gasteiger partial charge in [-0.05, 0) is 81.6 Å². The Labute approximate surface area is 174 Å². The molecule has 0 spiro atoms. The van der Waals surface area contributed by atoms with Crippen LogP contribution in [0.2, 0.25) is 0 Å². The summed E-state index contributed by atoms with van der Waals surface area (Å²) in [7, 11) is 0. The number of rotatable bonds is 10. The molecule has 0 aliphatic heterocycles. The van der Waals surface area contributed by atoms with E-state index in [9.17, 15) is 18.7 Å². The number of halogens is 2. The predicted molar refractivity (Wildman–Crippen MR) is 111 cm³/mol. The highest BCUT2D eigenvalue weighted by Crippen LogP contribution is 2.43. The van der Waals surface area contributed by atoms with Crippen molar-refractivity contribution in [3.63, 3.8) is 0 Å². The molecule has 0 aromatic heterocycles. The summed E-state index contributed by atoms with van der Waals surface area (Å²) in [5.41, 5.74) is 0.401. The molecule has 0 heterocycles. The van der Waals surface area contributed by atoms with Gasteiger partial charge in [0.15, 0.2) is 0 Å². The van der Waals surface area contributed by atoms with Crippen LogP contribution in [0.5, 0.6) is 0 Å². The van der Waals surface area contributed by atoms with Crippen molar-refractivity contribution in [1.82, 2.24) is 0 Å². The van der Waals surface area contributed by atoms with Gasteiger partial charge in [0, 0.05) is 18.6 Å². The summed E-state index contributed by atoms with van der Waals surface area (Å²) in [6.45, 7) is 5.31. The summed E-state index contributed by atoms with van der Waals surface area (Å²) in [5.74, 6) is 2.37. The predicted octanol–water partition coefficient (Wildman–Crippen LogP) is 6.42. The lowest BCUT2D eigenvalue weighted by molar-refractivity contribution is -0.146. The molecule has 0 radical (unpaired) electrons. The van der Waals surface area contributed by atoms with Crippen molar-refractivity contribution in [1.29, 1.82) is 0 Å². The maximum Gasteiger partial charge on any atom is 0.333 e. The van der Waals surface area contributed by atoms with E-state index in [0.29, 0.717) is 30.3 Å². The average molecular weight is 413 g/mol. The molecular formula is C24H38F2O3. The molecule has 0 amide bonds. The minimum atomic E-state index is -1.55. The van der Waals surface area contributed by atoms with Gasteiger partial charge in [-0.25, -0.2) is 4.79 Å². The number of carbonyl (C=O) groups excluding carboxylic acids is 1. The summed E-state index contributed by atoms with van der Waals surface area (Å²) < 4.78 is 29.8. The Hall–Kier alpha value is -1.23. The molecule has 1 N–H and O–H groups in total. The molecule has 2 saturated carbocycles. The smallest absolute Gasteiger partial charge is 0.333 e. The number of hydrogen-bond donors (Lipinski definition) is 1. The number of aliphatic hydroxyl groups excluding tert-OH is 1. The first-order chi connectivity index (χ1) is 13.9. The fourth-order valence-corrected chi connectivity index (χ4v) is 5.26. The third-order valence-corrected chi connectivity index (χ3v) is 6.99. The molecule has 0 aromatic rings. The molecule has 5 heteroatoms. The standard InChI is InChI=1S/C24H38F2O3/c1-17(2)24(28)29-22(14-15-27)16-19-8-12-21(13-9-19)20-10-6-18(7-11-20)4-3-5-23(25)26/h5,18-22,27H,1,3-4,6-16H2,2H3. The maximum atomic E-state index is 12.2. The van der Waals surface area contributed by atoms with Gasteiger partial charge in [0.25, 0.3) is 6.08 Å². The van der Waals surface area contributed by atoms with Crippen LogP contribution in [0.15, 0.2) is 24.3 Å². The minimum absolute atomic E-state index is 0.0283. The minimum Gasteiger partial charge on any atom is -0.459 e. The fraction of sp³-hybridized carbons (Fsp3) is 0.792. The highest BCUT2D eigenvalue weighted by atomic mass is 19.3. The monoisotopic (exact) mass is 412 g/mol. The van der Waals surface area contributed by atoms with Gasteiger partial charge in [0.05, 0.1) is 0 Å². The average Bonchev–Trinajstić information content (AvgIpc) is 2.69. The van der Waals surface area contributed by atoms with Crippen LogP contribution in [0.3, 0.4) is 0 Å².